The van der Waals surface area contributed by atoms with Crippen LogP contribution < -0.4 is 10.6 Å². The highest BCUT2D eigenvalue weighted by molar-refractivity contribution is 6.32. The van der Waals surface area contributed by atoms with E-state index in [1.165, 1.54) is 12.1 Å². The summed E-state index contributed by atoms with van der Waals surface area (Å²) in [6.07, 6.45) is 2.04. The maximum Gasteiger partial charge on any atom is 0.329 e. The monoisotopic (exact) mass is 487 g/mol. The Kier molecular flexibility index (Phi) is 8.22. The van der Waals surface area contributed by atoms with Crippen molar-refractivity contribution in [3.63, 3.8) is 0 Å². The lowest BCUT2D eigenvalue weighted by Crippen LogP contribution is -2.46. The third-order valence-corrected chi connectivity index (χ3v) is 5.85. The molecule has 0 bridgehead atoms. The molecule has 1 aliphatic carbocycles. The second-order valence-corrected chi connectivity index (χ2v) is 8.93. The first kappa shape index (κ1) is 25.2. The van der Waals surface area contributed by atoms with Gasteiger partial charge >= 0.3 is 5.97 Å². The fourth-order valence-electron chi connectivity index (χ4n) is 3.52. The molecule has 1 saturated carbocycles. The predicted octanol–water partition coefficient (Wildman–Crippen LogP) is 3.81. The van der Waals surface area contributed by atoms with Gasteiger partial charge in [0.15, 0.2) is 6.61 Å². The number of halogens is 1. The summed E-state index contributed by atoms with van der Waals surface area (Å²) in [7, 11) is 0. The van der Waals surface area contributed by atoms with Gasteiger partial charge in [0.2, 0.25) is 0 Å². The van der Waals surface area contributed by atoms with Gasteiger partial charge in [-0.1, -0.05) is 55.8 Å². The molecule has 0 heterocycles. The van der Waals surface area contributed by atoms with E-state index in [9.17, 15) is 24.5 Å². The minimum atomic E-state index is -1.05. The average Bonchev–Trinajstić information content (AvgIpc) is 3.65. The molecule has 2 aromatic carbocycles. The van der Waals surface area contributed by atoms with Gasteiger partial charge in [0.25, 0.3) is 17.5 Å². The van der Waals surface area contributed by atoms with E-state index in [2.05, 4.69) is 10.6 Å². The van der Waals surface area contributed by atoms with Crippen LogP contribution in [0.5, 0.6) is 0 Å². The zero-order chi connectivity index (χ0) is 24.8. The topological polar surface area (TPSA) is 128 Å². The summed E-state index contributed by atoms with van der Waals surface area (Å²) in [6.45, 7) is 2.92. The Labute approximate surface area is 202 Å². The molecule has 2 N–H and O–H groups in total. The Morgan fingerprint density at radius 2 is 1.79 bits per heavy atom. The number of esters is 1. The second-order valence-electron chi connectivity index (χ2n) is 8.52. The van der Waals surface area contributed by atoms with E-state index < -0.39 is 41.0 Å². The molecule has 10 heteroatoms. The molecule has 1 fully saturated rings. The Hall–Kier alpha value is -3.46. The van der Waals surface area contributed by atoms with Crippen LogP contribution >= 0.6 is 11.6 Å². The summed E-state index contributed by atoms with van der Waals surface area (Å²) in [5.74, 6) is -1.91. The van der Waals surface area contributed by atoms with Crippen molar-refractivity contribution >= 4 is 35.1 Å². The Morgan fingerprint density at radius 3 is 2.38 bits per heavy atom. The zero-order valence-corrected chi connectivity index (χ0v) is 19.6. The SMILES string of the molecule is CC(C)[C@H](NC(=O)c1ccc(Cl)c([N+](=O)[O-])c1)C(=O)OCC(=O)NC(c1ccccc1)C1CC1. The third-order valence-electron chi connectivity index (χ3n) is 5.53. The van der Waals surface area contributed by atoms with Crippen LogP contribution in [0.3, 0.4) is 0 Å². The van der Waals surface area contributed by atoms with Gasteiger partial charge in [-0.2, -0.15) is 0 Å². The van der Waals surface area contributed by atoms with Crippen LogP contribution in [0, 0.1) is 22.0 Å². The van der Waals surface area contributed by atoms with Crippen LogP contribution in [0.1, 0.15) is 48.7 Å². The molecule has 2 amide bonds. The first-order valence-corrected chi connectivity index (χ1v) is 11.3. The molecule has 0 radical (unpaired) electrons. The average molecular weight is 488 g/mol. The number of ether oxygens (including phenoxy) is 1. The third kappa shape index (κ3) is 6.54. The fraction of sp³-hybridized carbons (Fsp3) is 0.375. The molecule has 9 nitrogen and oxygen atoms in total. The van der Waals surface area contributed by atoms with Crippen LogP contribution in [0.25, 0.3) is 0 Å². The summed E-state index contributed by atoms with van der Waals surface area (Å²) < 4.78 is 5.19. The number of nitrogens with one attached hydrogen (secondary N) is 2. The predicted molar refractivity (Wildman–Crippen MR) is 125 cm³/mol. The number of hydrogen-bond donors (Lipinski definition) is 2. The number of carbonyl (C=O) groups excluding carboxylic acids is 3. The molecule has 1 aliphatic rings. The first-order valence-electron chi connectivity index (χ1n) is 10.9. The maximum absolute atomic E-state index is 12.6. The number of carbonyl (C=O) groups is 3. The van der Waals surface area contributed by atoms with Gasteiger partial charge in [0, 0.05) is 11.6 Å². The molecule has 34 heavy (non-hydrogen) atoms. The quantitative estimate of drug-likeness (QED) is 0.298. The van der Waals surface area contributed by atoms with Crippen molar-refractivity contribution in [2.75, 3.05) is 6.61 Å². The van der Waals surface area contributed by atoms with E-state index in [-0.39, 0.29) is 22.5 Å². The van der Waals surface area contributed by atoms with E-state index in [0.717, 1.165) is 24.5 Å². The van der Waals surface area contributed by atoms with Crippen molar-refractivity contribution in [1.82, 2.24) is 10.6 Å². The molecular formula is C24H26ClN3O6. The molecule has 2 atom stereocenters. The largest absolute Gasteiger partial charge is 0.454 e. The summed E-state index contributed by atoms with van der Waals surface area (Å²) in [5.41, 5.74) is 0.551. The Balaban J connectivity index is 1.59. The molecule has 0 saturated heterocycles. The molecule has 180 valence electrons. The molecule has 3 rings (SSSR count). The minimum Gasteiger partial charge on any atom is -0.454 e. The molecular weight excluding hydrogens is 462 g/mol. The van der Waals surface area contributed by atoms with Gasteiger partial charge in [-0.15, -0.1) is 0 Å². The molecule has 2 aromatic rings. The minimum absolute atomic E-state index is 0.0255. The molecule has 0 spiro atoms. The van der Waals surface area contributed by atoms with Crippen molar-refractivity contribution < 1.29 is 24.0 Å². The summed E-state index contributed by atoms with van der Waals surface area (Å²) in [5, 5.41) is 16.4. The van der Waals surface area contributed by atoms with E-state index in [4.69, 9.17) is 16.3 Å². The highest BCUT2D eigenvalue weighted by Crippen LogP contribution is 2.40. The van der Waals surface area contributed by atoms with Crippen molar-refractivity contribution in [1.29, 1.82) is 0 Å². The van der Waals surface area contributed by atoms with Gasteiger partial charge in [0.05, 0.1) is 11.0 Å². The van der Waals surface area contributed by atoms with Crippen LogP contribution in [0.15, 0.2) is 48.5 Å². The number of nitro groups is 1. The number of hydrogen-bond acceptors (Lipinski definition) is 6. The standard InChI is InChI=1S/C24H26ClN3O6/c1-14(2)21(27-23(30)17-10-11-18(25)19(12-17)28(32)33)24(31)34-13-20(29)26-22(16-8-9-16)15-6-4-3-5-7-15/h3-7,10-12,14,16,21-22H,8-9,13H2,1-2H3,(H,26,29)(H,27,30)/t21-,22?/m0/s1. The van der Waals surface area contributed by atoms with E-state index in [1.54, 1.807) is 13.8 Å². The zero-order valence-electron chi connectivity index (χ0n) is 18.8. The number of nitro benzene ring substituents is 1. The second kappa shape index (κ2) is 11.1. The Bertz CT molecular complexity index is 1070. The van der Waals surface area contributed by atoms with Crippen LogP contribution in [-0.4, -0.2) is 35.4 Å². The molecule has 0 aromatic heterocycles. The summed E-state index contributed by atoms with van der Waals surface area (Å²) >= 11 is 5.79. The summed E-state index contributed by atoms with van der Waals surface area (Å²) in [6, 6.07) is 12.0. The highest BCUT2D eigenvalue weighted by Gasteiger charge is 2.34. The van der Waals surface area contributed by atoms with Crippen LogP contribution in [0.2, 0.25) is 5.02 Å². The van der Waals surface area contributed by atoms with Crippen molar-refractivity contribution in [3.05, 3.63) is 74.8 Å². The fourth-order valence-corrected chi connectivity index (χ4v) is 3.71. The van der Waals surface area contributed by atoms with Gasteiger partial charge < -0.3 is 15.4 Å². The van der Waals surface area contributed by atoms with Crippen molar-refractivity contribution in [2.24, 2.45) is 11.8 Å². The summed E-state index contributed by atoms with van der Waals surface area (Å²) in [4.78, 5) is 48.1. The number of rotatable bonds is 10. The maximum atomic E-state index is 12.6. The van der Waals surface area contributed by atoms with Gasteiger partial charge in [0.1, 0.15) is 11.1 Å². The van der Waals surface area contributed by atoms with Gasteiger partial charge in [-0.25, -0.2) is 4.79 Å². The van der Waals surface area contributed by atoms with Crippen molar-refractivity contribution in [3.8, 4) is 0 Å². The highest BCUT2D eigenvalue weighted by atomic mass is 35.5. The normalized spacial score (nSPS) is 14.7. The van der Waals surface area contributed by atoms with Crippen LogP contribution in [0.4, 0.5) is 5.69 Å². The van der Waals surface area contributed by atoms with Gasteiger partial charge in [-0.05, 0) is 42.4 Å². The lowest BCUT2D eigenvalue weighted by molar-refractivity contribution is -0.384. The number of amides is 2. The number of benzene rings is 2. The van der Waals surface area contributed by atoms with E-state index >= 15 is 0 Å². The molecule has 1 unspecified atom stereocenters. The van der Waals surface area contributed by atoms with Crippen molar-refractivity contribution in [2.45, 2.75) is 38.8 Å². The van der Waals surface area contributed by atoms with E-state index in [1.807, 2.05) is 30.3 Å². The molecule has 0 aliphatic heterocycles. The number of nitrogens with zero attached hydrogens (tertiary/aromatic N) is 1. The first-order chi connectivity index (χ1) is 16.2. The lowest BCUT2D eigenvalue weighted by atomic mass is 10.0. The Morgan fingerprint density at radius 1 is 1.12 bits per heavy atom. The lowest BCUT2D eigenvalue weighted by Gasteiger charge is -2.22. The van der Waals surface area contributed by atoms with Gasteiger partial charge in [-0.3, -0.25) is 19.7 Å². The van der Waals surface area contributed by atoms with E-state index in [0.29, 0.717) is 5.92 Å². The smallest absolute Gasteiger partial charge is 0.329 e. The van der Waals surface area contributed by atoms with Crippen LogP contribution in [-0.2, 0) is 14.3 Å².